The Hall–Kier alpha value is -1.60. The van der Waals surface area contributed by atoms with Gasteiger partial charge in [0.1, 0.15) is 0 Å². The van der Waals surface area contributed by atoms with Crippen LogP contribution in [0.5, 0.6) is 0 Å². The predicted molar refractivity (Wildman–Crippen MR) is 73.5 cm³/mol. The van der Waals surface area contributed by atoms with Crippen LogP contribution in [0.15, 0.2) is 48.5 Å². The molecule has 0 saturated carbocycles. The van der Waals surface area contributed by atoms with E-state index in [1.807, 2.05) is 0 Å². The van der Waals surface area contributed by atoms with E-state index in [4.69, 9.17) is 0 Å². The Morgan fingerprint density at radius 1 is 1.00 bits per heavy atom. The topological polar surface area (TPSA) is 12.0 Å². The van der Waals surface area contributed by atoms with Crippen molar-refractivity contribution in [3.63, 3.8) is 0 Å². The van der Waals surface area contributed by atoms with Crippen molar-refractivity contribution >= 4 is 0 Å². The number of fused-ring (bicyclic) bond motifs is 6. The van der Waals surface area contributed by atoms with E-state index in [-0.39, 0.29) is 5.54 Å². The third-order valence-corrected chi connectivity index (χ3v) is 4.51. The normalized spacial score (nSPS) is 28.4. The minimum absolute atomic E-state index is 0.105. The molecule has 0 fully saturated rings. The van der Waals surface area contributed by atoms with Crippen LogP contribution in [0, 0.1) is 0 Å². The van der Waals surface area contributed by atoms with Crippen LogP contribution >= 0.6 is 0 Å². The van der Waals surface area contributed by atoms with Gasteiger partial charge in [-0.1, -0.05) is 48.5 Å². The molecule has 0 aromatic heterocycles. The van der Waals surface area contributed by atoms with Gasteiger partial charge in [0.2, 0.25) is 0 Å². The van der Waals surface area contributed by atoms with Crippen molar-refractivity contribution in [2.45, 2.75) is 31.3 Å². The third kappa shape index (κ3) is 1.31. The van der Waals surface area contributed by atoms with Gasteiger partial charge >= 0.3 is 0 Å². The molecule has 2 atom stereocenters. The number of rotatable bonds is 0. The van der Waals surface area contributed by atoms with Crippen molar-refractivity contribution in [3.8, 4) is 0 Å². The molecule has 1 heteroatoms. The van der Waals surface area contributed by atoms with Crippen molar-refractivity contribution in [3.05, 3.63) is 70.8 Å². The first-order valence-electron chi connectivity index (χ1n) is 6.70. The Kier molecular flexibility index (Phi) is 1.98. The zero-order valence-corrected chi connectivity index (χ0v) is 10.6. The second kappa shape index (κ2) is 3.46. The molecule has 2 heterocycles. The second-order valence-corrected chi connectivity index (χ2v) is 5.77. The van der Waals surface area contributed by atoms with Crippen molar-refractivity contribution in [2.24, 2.45) is 0 Å². The van der Waals surface area contributed by atoms with Crippen LogP contribution in [0.1, 0.15) is 35.2 Å². The Morgan fingerprint density at radius 3 is 2.61 bits per heavy atom. The molecule has 4 rings (SSSR count). The fourth-order valence-electron chi connectivity index (χ4n) is 3.68. The molecule has 2 aliphatic rings. The Balaban J connectivity index is 1.92. The van der Waals surface area contributed by atoms with E-state index in [2.05, 4.69) is 60.8 Å². The highest BCUT2D eigenvalue weighted by Crippen LogP contribution is 2.43. The number of hydrogen-bond donors (Lipinski definition) is 1. The maximum atomic E-state index is 3.84. The molecule has 0 spiro atoms. The first-order chi connectivity index (χ1) is 8.76. The van der Waals surface area contributed by atoms with Gasteiger partial charge in [0.15, 0.2) is 0 Å². The smallest absolute Gasteiger partial charge is 0.0455 e. The van der Waals surface area contributed by atoms with Gasteiger partial charge in [0.25, 0.3) is 0 Å². The summed E-state index contributed by atoms with van der Waals surface area (Å²) in [5, 5.41) is 3.84. The third-order valence-electron chi connectivity index (χ3n) is 4.51. The summed E-state index contributed by atoms with van der Waals surface area (Å²) in [7, 11) is 0. The van der Waals surface area contributed by atoms with Crippen molar-refractivity contribution < 1.29 is 0 Å². The lowest BCUT2D eigenvalue weighted by Gasteiger charge is -2.26. The number of benzene rings is 2. The number of hydrogen-bond acceptors (Lipinski definition) is 1. The molecule has 18 heavy (non-hydrogen) atoms. The van der Waals surface area contributed by atoms with E-state index < -0.39 is 0 Å². The van der Waals surface area contributed by atoms with Crippen LogP contribution < -0.4 is 5.32 Å². The van der Waals surface area contributed by atoms with Gasteiger partial charge in [-0.3, -0.25) is 0 Å². The molecule has 1 nitrogen and oxygen atoms in total. The van der Waals surface area contributed by atoms with Gasteiger partial charge in [-0.05, 0) is 42.0 Å². The molecule has 2 aliphatic heterocycles. The zero-order valence-electron chi connectivity index (χ0n) is 10.6. The number of nitrogens with one attached hydrogen (secondary N) is 1. The Morgan fingerprint density at radius 2 is 1.72 bits per heavy atom. The molecular formula is C17H17N. The summed E-state index contributed by atoms with van der Waals surface area (Å²) in [5.74, 6) is 0. The SMILES string of the molecule is C[C@@]12Cc3ccccc3C[C@@H](N1)c1ccccc12. The minimum Gasteiger partial charge on any atom is -0.300 e. The van der Waals surface area contributed by atoms with Gasteiger partial charge in [-0.15, -0.1) is 0 Å². The summed E-state index contributed by atoms with van der Waals surface area (Å²) in [6.45, 7) is 2.34. The van der Waals surface area contributed by atoms with Gasteiger partial charge in [0, 0.05) is 11.6 Å². The second-order valence-electron chi connectivity index (χ2n) is 5.77. The molecule has 1 N–H and O–H groups in total. The highest BCUT2D eigenvalue weighted by Gasteiger charge is 2.41. The van der Waals surface area contributed by atoms with E-state index in [0.29, 0.717) is 6.04 Å². The van der Waals surface area contributed by atoms with E-state index in [1.54, 1.807) is 0 Å². The van der Waals surface area contributed by atoms with E-state index in [9.17, 15) is 0 Å². The lowest BCUT2D eigenvalue weighted by molar-refractivity contribution is 0.368. The monoisotopic (exact) mass is 235 g/mol. The Bertz CT molecular complexity index is 617. The largest absolute Gasteiger partial charge is 0.300 e. The highest BCUT2D eigenvalue weighted by atomic mass is 15.0. The standard InChI is InChI=1S/C17H17N/c1-17-11-13-7-3-2-6-12(13)10-16(18-17)14-8-4-5-9-15(14)17/h2-9,16,18H,10-11H2,1H3/t16-,17+/m1/s1. The van der Waals surface area contributed by atoms with Crippen LogP contribution in [0.25, 0.3) is 0 Å². The summed E-state index contributed by atoms with van der Waals surface area (Å²) < 4.78 is 0. The quantitative estimate of drug-likeness (QED) is 0.738. The first-order valence-corrected chi connectivity index (χ1v) is 6.70. The van der Waals surface area contributed by atoms with Gasteiger partial charge in [-0.2, -0.15) is 0 Å². The molecule has 2 aromatic rings. The van der Waals surface area contributed by atoms with Crippen molar-refractivity contribution in [1.29, 1.82) is 0 Å². The summed E-state index contributed by atoms with van der Waals surface area (Å²) in [6, 6.07) is 18.3. The molecule has 0 radical (unpaired) electrons. The summed E-state index contributed by atoms with van der Waals surface area (Å²) in [4.78, 5) is 0. The summed E-state index contributed by atoms with van der Waals surface area (Å²) in [6.07, 6.45) is 2.21. The average Bonchev–Trinajstić information content (AvgIpc) is 2.56. The van der Waals surface area contributed by atoms with Crippen LogP contribution in [0.3, 0.4) is 0 Å². The molecule has 0 aliphatic carbocycles. The van der Waals surface area contributed by atoms with Gasteiger partial charge in [0.05, 0.1) is 0 Å². The van der Waals surface area contributed by atoms with E-state index in [0.717, 1.165) is 12.8 Å². The maximum Gasteiger partial charge on any atom is 0.0455 e. The average molecular weight is 235 g/mol. The molecule has 0 amide bonds. The molecule has 0 unspecified atom stereocenters. The fourth-order valence-corrected chi connectivity index (χ4v) is 3.68. The summed E-state index contributed by atoms with van der Waals surface area (Å²) >= 11 is 0. The lowest BCUT2D eigenvalue weighted by atomic mass is 9.82. The molecule has 2 aromatic carbocycles. The van der Waals surface area contributed by atoms with Crippen molar-refractivity contribution in [2.75, 3.05) is 0 Å². The molecule has 90 valence electrons. The highest BCUT2D eigenvalue weighted by molar-refractivity contribution is 5.46. The van der Waals surface area contributed by atoms with Crippen LogP contribution in [0.2, 0.25) is 0 Å². The predicted octanol–water partition coefficient (Wildman–Crippen LogP) is 3.34. The van der Waals surface area contributed by atoms with Crippen LogP contribution in [-0.2, 0) is 18.4 Å². The fraction of sp³-hybridized carbons (Fsp3) is 0.294. The molecule has 0 saturated heterocycles. The van der Waals surface area contributed by atoms with Crippen LogP contribution in [-0.4, -0.2) is 0 Å². The lowest BCUT2D eigenvalue weighted by Crippen LogP contribution is -2.36. The zero-order chi connectivity index (χ0) is 12.2. The van der Waals surface area contributed by atoms with E-state index >= 15 is 0 Å². The van der Waals surface area contributed by atoms with Gasteiger partial charge in [-0.25, -0.2) is 0 Å². The minimum atomic E-state index is 0.105. The first kappa shape index (κ1) is 10.3. The summed E-state index contributed by atoms with van der Waals surface area (Å²) in [5.41, 5.74) is 6.10. The van der Waals surface area contributed by atoms with E-state index in [1.165, 1.54) is 22.3 Å². The molecular weight excluding hydrogens is 218 g/mol. The van der Waals surface area contributed by atoms with Crippen LogP contribution in [0.4, 0.5) is 0 Å². The Labute approximate surface area is 108 Å². The maximum absolute atomic E-state index is 3.84. The van der Waals surface area contributed by atoms with Crippen molar-refractivity contribution in [1.82, 2.24) is 5.32 Å². The molecule has 2 bridgehead atoms. The van der Waals surface area contributed by atoms with Gasteiger partial charge < -0.3 is 5.32 Å².